The molecule has 0 spiro atoms. The minimum atomic E-state index is -6.35. The number of hydrogen-bond acceptors (Lipinski definition) is 4. The van der Waals surface area contributed by atoms with Crippen LogP contribution in [-0.4, -0.2) is 55.7 Å². The molecule has 0 aromatic heterocycles. The lowest BCUT2D eigenvalue weighted by Gasteiger charge is -2.33. The van der Waals surface area contributed by atoms with E-state index in [1.165, 1.54) is 29.2 Å². The zero-order chi connectivity index (χ0) is 32.0. The van der Waals surface area contributed by atoms with Gasteiger partial charge in [0.05, 0.1) is 10.8 Å². The van der Waals surface area contributed by atoms with Gasteiger partial charge in [0.2, 0.25) is 5.91 Å². The molecule has 4 rings (SSSR count). The van der Waals surface area contributed by atoms with Crippen LogP contribution in [0.2, 0.25) is 0 Å². The molecular weight excluding hydrogens is 607 g/mol. The Balaban J connectivity index is 1.77. The van der Waals surface area contributed by atoms with Crippen LogP contribution in [0, 0.1) is 11.8 Å². The van der Waals surface area contributed by atoms with E-state index in [2.05, 4.69) is 6.58 Å². The molecule has 2 aromatic rings. The van der Waals surface area contributed by atoms with Crippen LogP contribution in [0.4, 0.5) is 30.7 Å². The maximum absolute atomic E-state index is 14.7. The van der Waals surface area contributed by atoms with Gasteiger partial charge in [-0.15, -0.1) is 0 Å². The molecule has 1 heterocycles. The zero-order valence-corrected chi connectivity index (χ0v) is 23.4. The van der Waals surface area contributed by atoms with Crippen molar-refractivity contribution >= 4 is 27.8 Å². The van der Waals surface area contributed by atoms with Crippen LogP contribution >= 0.6 is 0 Å². The molecular formula is C29H28F7NO5S. The summed E-state index contributed by atoms with van der Waals surface area (Å²) in [5, 5.41) is 9.25. The summed E-state index contributed by atoms with van der Waals surface area (Å²) in [6.45, 7) is 3.03. The first-order valence-corrected chi connectivity index (χ1v) is 14.8. The highest BCUT2D eigenvalue weighted by atomic mass is 32.2. The Labute approximate surface area is 243 Å². The number of carboxylic acid groups (broad SMARTS) is 1. The highest BCUT2D eigenvalue weighted by Crippen LogP contribution is 2.54. The van der Waals surface area contributed by atoms with Gasteiger partial charge in [-0.3, -0.25) is 9.59 Å². The third-order valence-electron chi connectivity index (χ3n) is 8.48. The van der Waals surface area contributed by atoms with Crippen molar-refractivity contribution in [3.05, 3.63) is 71.8 Å². The van der Waals surface area contributed by atoms with Gasteiger partial charge in [-0.25, -0.2) is 12.8 Å². The van der Waals surface area contributed by atoms with Crippen LogP contribution in [0.15, 0.2) is 60.0 Å². The predicted octanol–water partition coefficient (Wildman–Crippen LogP) is 6.41. The summed E-state index contributed by atoms with van der Waals surface area (Å²) in [7, 11) is -4.47. The normalized spacial score (nSPS) is 23.7. The quantitative estimate of drug-likeness (QED) is 0.355. The molecule has 14 heteroatoms. The third-order valence-corrected chi connectivity index (χ3v) is 10.9. The zero-order valence-electron chi connectivity index (χ0n) is 22.6. The van der Waals surface area contributed by atoms with Crippen molar-refractivity contribution in [2.24, 2.45) is 11.8 Å². The molecule has 2 fully saturated rings. The lowest BCUT2D eigenvalue weighted by atomic mass is 9.81. The van der Waals surface area contributed by atoms with Crippen LogP contribution in [0.25, 0.3) is 6.08 Å². The fourth-order valence-corrected chi connectivity index (χ4v) is 8.08. The second kappa shape index (κ2) is 11.3. The third kappa shape index (κ3) is 5.53. The van der Waals surface area contributed by atoms with E-state index < -0.39 is 68.4 Å². The molecule has 1 aliphatic carbocycles. The molecule has 43 heavy (non-hydrogen) atoms. The minimum absolute atomic E-state index is 0.0992. The summed E-state index contributed by atoms with van der Waals surface area (Å²) in [6, 6.07) is 7.57. The molecule has 2 aromatic carbocycles. The SMILES string of the molecule is C=Cc1cccc(S(=O)(=O)C2(c3ccc(C(F)(C(F)(F)F)C(F)(F)F)cc3)CCN(C(=O)C3CCC(C(=O)O)CC3)C2)c1. The first-order valence-electron chi connectivity index (χ1n) is 13.3. The van der Waals surface area contributed by atoms with Gasteiger partial charge in [-0.1, -0.05) is 49.1 Å². The van der Waals surface area contributed by atoms with Crippen molar-refractivity contribution in [2.75, 3.05) is 13.1 Å². The Morgan fingerprint density at radius 2 is 1.47 bits per heavy atom. The van der Waals surface area contributed by atoms with E-state index in [1.807, 2.05) is 0 Å². The summed E-state index contributed by atoms with van der Waals surface area (Å²) in [5.41, 5.74) is -7.25. The molecule has 6 nitrogen and oxygen atoms in total. The standard InChI is InChI=1S/C29H28F7NO5S/c1-2-18-4-3-5-23(16-18)43(41,42)26(14-15-37(17-26)24(38)19-6-8-20(9-7-19)25(39)40)21-10-12-22(13-11-21)27(30,28(31,32)33)29(34,35)36/h2-5,10-13,16,19-20H,1,6-9,14-15,17H2,(H,39,40). The van der Waals surface area contributed by atoms with Gasteiger partial charge in [0.15, 0.2) is 9.84 Å². The topological polar surface area (TPSA) is 91.8 Å². The predicted molar refractivity (Wildman–Crippen MR) is 141 cm³/mol. The van der Waals surface area contributed by atoms with E-state index in [9.17, 15) is 53.8 Å². The van der Waals surface area contributed by atoms with Gasteiger partial charge in [0.1, 0.15) is 4.75 Å². The van der Waals surface area contributed by atoms with Crippen molar-refractivity contribution in [3.8, 4) is 0 Å². The molecule has 1 unspecified atom stereocenters. The van der Waals surface area contributed by atoms with Crippen LogP contribution in [-0.2, 0) is 29.8 Å². The lowest BCUT2D eigenvalue weighted by Crippen LogP contribution is -2.50. The summed E-state index contributed by atoms with van der Waals surface area (Å²) < 4.78 is 121. The summed E-state index contributed by atoms with van der Waals surface area (Å²) in [4.78, 5) is 25.8. The number of amides is 1. The molecule has 1 amide bonds. The number of carbonyl (C=O) groups is 2. The van der Waals surface area contributed by atoms with E-state index >= 15 is 0 Å². The molecule has 1 saturated heterocycles. The number of benzene rings is 2. The molecule has 1 saturated carbocycles. The monoisotopic (exact) mass is 635 g/mol. The number of alkyl halides is 7. The number of rotatable bonds is 7. The van der Waals surface area contributed by atoms with Crippen LogP contribution < -0.4 is 0 Å². The molecule has 234 valence electrons. The Morgan fingerprint density at radius 1 is 0.907 bits per heavy atom. The number of carboxylic acids is 1. The number of likely N-dealkylation sites (tertiary alicyclic amines) is 1. The molecule has 0 radical (unpaired) electrons. The lowest BCUT2D eigenvalue weighted by molar-refractivity contribution is -0.348. The van der Waals surface area contributed by atoms with Gasteiger partial charge in [-0.2, -0.15) is 26.3 Å². The highest BCUT2D eigenvalue weighted by molar-refractivity contribution is 7.92. The fraction of sp³-hybridized carbons (Fsp3) is 0.448. The van der Waals surface area contributed by atoms with Crippen LogP contribution in [0.5, 0.6) is 0 Å². The average molecular weight is 636 g/mol. The summed E-state index contributed by atoms with van der Waals surface area (Å²) in [6.07, 6.45) is -10.5. The second-order valence-corrected chi connectivity index (χ2v) is 13.2. The van der Waals surface area contributed by atoms with Gasteiger partial charge in [0, 0.05) is 24.6 Å². The Hall–Kier alpha value is -3.42. The number of halogens is 7. The van der Waals surface area contributed by atoms with Crippen LogP contribution in [0.3, 0.4) is 0 Å². The number of carbonyl (C=O) groups excluding carboxylic acids is 1. The number of nitrogens with zero attached hydrogens (tertiary/aromatic N) is 1. The average Bonchev–Trinajstić information content (AvgIpc) is 3.43. The van der Waals surface area contributed by atoms with Crippen LogP contribution in [0.1, 0.15) is 48.8 Å². The highest BCUT2D eigenvalue weighted by Gasteiger charge is 2.73. The summed E-state index contributed by atoms with van der Waals surface area (Å²) in [5.74, 6) is -2.58. The Kier molecular flexibility index (Phi) is 8.50. The maximum atomic E-state index is 14.7. The number of hydrogen-bond donors (Lipinski definition) is 1. The maximum Gasteiger partial charge on any atom is 0.435 e. The molecule has 1 aliphatic heterocycles. The van der Waals surface area contributed by atoms with E-state index in [-0.39, 0.29) is 61.2 Å². The Bertz CT molecular complexity index is 1480. The first-order chi connectivity index (χ1) is 19.9. The fourth-order valence-electron chi connectivity index (χ4n) is 5.95. The van der Waals surface area contributed by atoms with Gasteiger partial charge < -0.3 is 10.0 Å². The van der Waals surface area contributed by atoms with Crippen molar-refractivity contribution in [3.63, 3.8) is 0 Å². The van der Waals surface area contributed by atoms with Crippen molar-refractivity contribution in [1.82, 2.24) is 4.90 Å². The van der Waals surface area contributed by atoms with Gasteiger partial charge in [-0.05, 0) is 55.4 Å². The second-order valence-electron chi connectivity index (χ2n) is 10.9. The number of sulfone groups is 1. The summed E-state index contributed by atoms with van der Waals surface area (Å²) >= 11 is 0. The van der Waals surface area contributed by atoms with Gasteiger partial charge in [0.25, 0.3) is 0 Å². The van der Waals surface area contributed by atoms with Crippen molar-refractivity contribution in [1.29, 1.82) is 0 Å². The van der Waals surface area contributed by atoms with E-state index in [0.29, 0.717) is 5.56 Å². The van der Waals surface area contributed by atoms with E-state index in [1.54, 1.807) is 6.07 Å². The van der Waals surface area contributed by atoms with E-state index in [0.717, 1.165) is 12.1 Å². The van der Waals surface area contributed by atoms with E-state index in [4.69, 9.17) is 0 Å². The largest absolute Gasteiger partial charge is 0.481 e. The molecule has 1 atom stereocenters. The van der Waals surface area contributed by atoms with Crippen molar-refractivity contribution < 1.29 is 53.8 Å². The number of aliphatic carboxylic acids is 1. The Morgan fingerprint density at radius 3 is 1.98 bits per heavy atom. The molecule has 1 N–H and O–H groups in total. The minimum Gasteiger partial charge on any atom is -0.481 e. The molecule has 0 bridgehead atoms. The molecule has 2 aliphatic rings. The first kappa shape index (κ1) is 32.5. The smallest absolute Gasteiger partial charge is 0.435 e. The van der Waals surface area contributed by atoms with Crippen molar-refractivity contribution in [2.45, 2.75) is 59.8 Å². The van der Waals surface area contributed by atoms with Gasteiger partial charge >= 0.3 is 24.0 Å².